The van der Waals surface area contributed by atoms with Gasteiger partial charge in [0.2, 0.25) is 0 Å². The van der Waals surface area contributed by atoms with Crippen LogP contribution in [-0.4, -0.2) is 6.54 Å². The molecule has 1 N–H and O–H groups in total. The van der Waals surface area contributed by atoms with Crippen LogP contribution in [0.15, 0.2) is 38.8 Å². The first-order valence-electron chi connectivity index (χ1n) is 6.53. The van der Waals surface area contributed by atoms with E-state index in [9.17, 15) is 0 Å². The third-order valence-electron chi connectivity index (χ3n) is 3.46. The van der Waals surface area contributed by atoms with Crippen molar-refractivity contribution >= 4 is 31.9 Å². The molecule has 0 aromatic heterocycles. The van der Waals surface area contributed by atoms with Gasteiger partial charge in [0.05, 0.1) is 0 Å². The summed E-state index contributed by atoms with van der Waals surface area (Å²) in [6.45, 7) is 3.28. The lowest BCUT2D eigenvalue weighted by molar-refractivity contribution is 0.571. The minimum atomic E-state index is 0.384. The molecule has 18 heavy (non-hydrogen) atoms. The van der Waals surface area contributed by atoms with Crippen molar-refractivity contribution in [2.24, 2.45) is 0 Å². The number of halogens is 2. The molecule has 0 saturated heterocycles. The second-order valence-corrected chi connectivity index (χ2v) is 6.62. The van der Waals surface area contributed by atoms with E-state index in [0.29, 0.717) is 6.04 Å². The van der Waals surface area contributed by atoms with Crippen molar-refractivity contribution in [3.05, 3.63) is 44.4 Å². The zero-order valence-corrected chi connectivity index (χ0v) is 13.9. The van der Waals surface area contributed by atoms with Gasteiger partial charge in [-0.3, -0.25) is 0 Å². The average Bonchev–Trinajstić information content (AvgIpc) is 2.81. The van der Waals surface area contributed by atoms with Crippen molar-refractivity contribution in [3.63, 3.8) is 0 Å². The number of hydrogen-bond acceptors (Lipinski definition) is 1. The number of rotatable bonds is 5. The van der Waals surface area contributed by atoms with Crippen molar-refractivity contribution in [1.29, 1.82) is 0 Å². The maximum absolute atomic E-state index is 3.62. The summed E-state index contributed by atoms with van der Waals surface area (Å²) in [4.78, 5) is 0. The Kier molecular flexibility index (Phi) is 5.46. The van der Waals surface area contributed by atoms with Crippen molar-refractivity contribution in [1.82, 2.24) is 5.32 Å². The highest BCUT2D eigenvalue weighted by molar-refractivity contribution is 9.11. The van der Waals surface area contributed by atoms with Gasteiger partial charge >= 0.3 is 0 Å². The Morgan fingerprint density at radius 3 is 2.83 bits per heavy atom. The summed E-state index contributed by atoms with van der Waals surface area (Å²) >= 11 is 7.11. The molecular weight excluding hydrogens is 354 g/mol. The second-order valence-electron chi connectivity index (χ2n) is 4.85. The molecule has 0 aliphatic heterocycles. The fraction of sp³-hybridized carbons (Fsp3) is 0.467. The molecule has 1 atom stereocenters. The van der Waals surface area contributed by atoms with Crippen molar-refractivity contribution < 1.29 is 0 Å². The Morgan fingerprint density at radius 2 is 2.17 bits per heavy atom. The van der Waals surface area contributed by atoms with E-state index in [4.69, 9.17) is 0 Å². The van der Waals surface area contributed by atoms with Gasteiger partial charge in [-0.2, -0.15) is 0 Å². The molecule has 1 aromatic carbocycles. The van der Waals surface area contributed by atoms with Crippen LogP contribution in [0.3, 0.4) is 0 Å². The molecule has 1 unspecified atom stereocenters. The van der Waals surface area contributed by atoms with Crippen LogP contribution in [0.5, 0.6) is 0 Å². The summed E-state index contributed by atoms with van der Waals surface area (Å²) in [5, 5.41) is 3.60. The number of nitrogens with one attached hydrogen (secondary N) is 1. The van der Waals surface area contributed by atoms with E-state index < -0.39 is 0 Å². The lowest BCUT2D eigenvalue weighted by Gasteiger charge is -2.16. The van der Waals surface area contributed by atoms with E-state index in [0.717, 1.165) is 15.5 Å². The molecule has 1 aliphatic rings. The third-order valence-corrected chi connectivity index (χ3v) is 4.64. The zero-order valence-electron chi connectivity index (χ0n) is 10.7. The lowest BCUT2D eigenvalue weighted by atomic mass is 10.1. The minimum Gasteiger partial charge on any atom is -0.310 e. The van der Waals surface area contributed by atoms with Gasteiger partial charge in [-0.05, 0) is 56.8 Å². The van der Waals surface area contributed by atoms with Crippen LogP contribution in [0, 0.1) is 0 Å². The van der Waals surface area contributed by atoms with E-state index in [-0.39, 0.29) is 0 Å². The first-order valence-corrected chi connectivity index (χ1v) is 8.11. The van der Waals surface area contributed by atoms with Gasteiger partial charge in [-0.25, -0.2) is 0 Å². The van der Waals surface area contributed by atoms with Gasteiger partial charge in [-0.1, -0.05) is 49.6 Å². The molecule has 3 heteroatoms. The van der Waals surface area contributed by atoms with Crippen LogP contribution >= 0.6 is 31.9 Å². The Hall–Kier alpha value is -0.120. The minimum absolute atomic E-state index is 0.384. The van der Waals surface area contributed by atoms with E-state index in [2.05, 4.69) is 68.4 Å². The topological polar surface area (TPSA) is 12.0 Å². The van der Waals surface area contributed by atoms with Crippen LogP contribution in [0.4, 0.5) is 0 Å². The normalized spacial score (nSPS) is 16.7. The van der Waals surface area contributed by atoms with Crippen molar-refractivity contribution in [3.8, 4) is 0 Å². The number of benzene rings is 1. The Balaban J connectivity index is 1.85. The Morgan fingerprint density at radius 1 is 1.33 bits per heavy atom. The number of hydrogen-bond donors (Lipinski definition) is 1. The Labute approximate surface area is 126 Å². The van der Waals surface area contributed by atoms with Crippen LogP contribution < -0.4 is 5.32 Å². The lowest BCUT2D eigenvalue weighted by Crippen LogP contribution is -2.20. The molecule has 0 spiro atoms. The fourth-order valence-corrected chi connectivity index (χ4v) is 3.77. The molecule has 0 heterocycles. The zero-order chi connectivity index (χ0) is 13.0. The molecule has 2 rings (SSSR count). The third kappa shape index (κ3) is 3.94. The van der Waals surface area contributed by atoms with E-state index in [1.165, 1.54) is 31.2 Å². The van der Waals surface area contributed by atoms with Gasteiger partial charge in [0, 0.05) is 15.0 Å². The molecule has 1 aliphatic carbocycles. The molecule has 1 nitrogen and oxygen atoms in total. The van der Waals surface area contributed by atoms with Crippen LogP contribution in [0.2, 0.25) is 0 Å². The van der Waals surface area contributed by atoms with Crippen LogP contribution in [-0.2, 0) is 0 Å². The van der Waals surface area contributed by atoms with Gasteiger partial charge in [0.25, 0.3) is 0 Å². The number of allylic oxidation sites excluding steroid dienone is 1. The average molecular weight is 373 g/mol. The molecule has 1 aromatic rings. The molecule has 0 saturated carbocycles. The van der Waals surface area contributed by atoms with E-state index in [1.807, 2.05) is 0 Å². The molecule has 0 bridgehead atoms. The van der Waals surface area contributed by atoms with Gasteiger partial charge in [-0.15, -0.1) is 0 Å². The Bertz CT molecular complexity index is 440. The van der Waals surface area contributed by atoms with Gasteiger partial charge < -0.3 is 5.32 Å². The highest BCUT2D eigenvalue weighted by Gasteiger charge is 2.10. The highest BCUT2D eigenvalue weighted by atomic mass is 79.9. The summed E-state index contributed by atoms with van der Waals surface area (Å²) < 4.78 is 2.28. The van der Waals surface area contributed by atoms with Gasteiger partial charge in [0.1, 0.15) is 0 Å². The van der Waals surface area contributed by atoms with E-state index in [1.54, 1.807) is 5.57 Å². The summed E-state index contributed by atoms with van der Waals surface area (Å²) in [6.07, 6.45) is 7.53. The molecule has 98 valence electrons. The molecule has 0 radical (unpaired) electrons. The standard InChI is InChI=1S/C15H19Br2N/c1-11(14-7-6-13(16)10-15(14)17)18-9-8-12-4-2-3-5-12/h4,6-7,10-11,18H,2-3,5,8-9H2,1H3. The quantitative estimate of drug-likeness (QED) is 0.685. The maximum atomic E-state index is 3.62. The molecule has 0 amide bonds. The highest BCUT2D eigenvalue weighted by Crippen LogP contribution is 2.27. The van der Waals surface area contributed by atoms with Crippen LogP contribution in [0.25, 0.3) is 0 Å². The smallest absolute Gasteiger partial charge is 0.0303 e. The summed E-state index contributed by atoms with van der Waals surface area (Å²) in [7, 11) is 0. The molecular formula is C15H19Br2N. The summed E-state index contributed by atoms with van der Waals surface area (Å²) in [5.74, 6) is 0. The fourth-order valence-electron chi connectivity index (χ4n) is 2.38. The predicted molar refractivity (Wildman–Crippen MR) is 84.8 cm³/mol. The first-order chi connectivity index (χ1) is 8.66. The van der Waals surface area contributed by atoms with Gasteiger partial charge in [0.15, 0.2) is 0 Å². The van der Waals surface area contributed by atoms with Crippen molar-refractivity contribution in [2.75, 3.05) is 6.54 Å². The predicted octanol–water partition coefficient (Wildman–Crippen LogP) is 5.36. The second kappa shape index (κ2) is 6.88. The summed E-state index contributed by atoms with van der Waals surface area (Å²) in [6, 6.07) is 6.75. The monoisotopic (exact) mass is 371 g/mol. The SMILES string of the molecule is CC(NCCC1=CCCC1)c1ccc(Br)cc1Br. The summed E-state index contributed by atoms with van der Waals surface area (Å²) in [5.41, 5.74) is 2.95. The van der Waals surface area contributed by atoms with E-state index >= 15 is 0 Å². The molecule has 0 fully saturated rings. The largest absolute Gasteiger partial charge is 0.310 e. The van der Waals surface area contributed by atoms with Crippen LogP contribution in [0.1, 0.15) is 44.2 Å². The van der Waals surface area contributed by atoms with Crippen molar-refractivity contribution in [2.45, 2.75) is 38.6 Å². The first kappa shape index (κ1) is 14.3. The maximum Gasteiger partial charge on any atom is 0.0303 e.